The van der Waals surface area contributed by atoms with Crippen LogP contribution in [-0.2, 0) is 4.74 Å². The first-order valence-corrected chi connectivity index (χ1v) is 8.66. The average Bonchev–Trinajstić information content (AvgIpc) is 2.99. The molecule has 1 unspecified atom stereocenters. The molecule has 1 aromatic carbocycles. The molecule has 6 nitrogen and oxygen atoms in total. The highest BCUT2D eigenvalue weighted by Crippen LogP contribution is 2.19. The molecule has 1 aliphatic heterocycles. The standard InChI is InChI=1S/C19H26N4O2/c1-14(15-10-20-23(11-15)17-8-6-5-7-9-17)21-16-12-22(13-16)18(24)25-19(2,3)4/h5-11,14,16,21H,12-13H2,1-4H3. The van der Waals surface area contributed by atoms with Gasteiger partial charge >= 0.3 is 6.09 Å². The van der Waals surface area contributed by atoms with Gasteiger partial charge < -0.3 is 15.0 Å². The van der Waals surface area contributed by atoms with Gasteiger partial charge in [0.25, 0.3) is 0 Å². The number of nitrogens with zero attached hydrogens (tertiary/aromatic N) is 3. The van der Waals surface area contributed by atoms with Crippen LogP contribution in [-0.4, -0.2) is 45.5 Å². The molecule has 0 saturated carbocycles. The molecule has 134 valence electrons. The van der Waals surface area contributed by atoms with Gasteiger partial charge in [-0.3, -0.25) is 0 Å². The SMILES string of the molecule is CC(NC1CN(C(=O)OC(C)(C)C)C1)c1cnn(-c2ccccc2)c1. The molecule has 1 aromatic heterocycles. The van der Waals surface area contributed by atoms with Gasteiger partial charge in [-0.1, -0.05) is 18.2 Å². The molecule has 2 aromatic rings. The highest BCUT2D eigenvalue weighted by atomic mass is 16.6. The van der Waals surface area contributed by atoms with E-state index in [9.17, 15) is 4.79 Å². The smallest absolute Gasteiger partial charge is 0.410 e. The van der Waals surface area contributed by atoms with Crippen molar-refractivity contribution in [2.45, 2.75) is 45.4 Å². The minimum atomic E-state index is -0.449. The first-order chi connectivity index (χ1) is 11.8. The zero-order chi connectivity index (χ0) is 18.0. The fourth-order valence-corrected chi connectivity index (χ4v) is 2.79. The molecule has 2 heterocycles. The second-order valence-electron chi connectivity index (χ2n) is 7.52. The zero-order valence-corrected chi connectivity index (χ0v) is 15.3. The topological polar surface area (TPSA) is 59.4 Å². The van der Waals surface area contributed by atoms with E-state index in [1.54, 1.807) is 4.90 Å². The van der Waals surface area contributed by atoms with Gasteiger partial charge in [0.15, 0.2) is 0 Å². The second kappa shape index (κ2) is 6.88. The maximum absolute atomic E-state index is 12.0. The lowest BCUT2D eigenvalue weighted by molar-refractivity contribution is 0.00434. The van der Waals surface area contributed by atoms with Gasteiger partial charge in [0.2, 0.25) is 0 Å². The Labute approximate surface area is 148 Å². The Hall–Kier alpha value is -2.34. The third kappa shape index (κ3) is 4.39. The lowest BCUT2D eigenvalue weighted by atomic mass is 10.1. The minimum Gasteiger partial charge on any atom is -0.444 e. The van der Waals surface area contributed by atoms with Crippen LogP contribution in [0.2, 0.25) is 0 Å². The first-order valence-electron chi connectivity index (χ1n) is 8.66. The Balaban J connectivity index is 1.50. The Bertz CT molecular complexity index is 715. The molecule has 0 radical (unpaired) electrons. The van der Waals surface area contributed by atoms with Crippen molar-refractivity contribution in [3.8, 4) is 5.69 Å². The molecular weight excluding hydrogens is 316 g/mol. The Morgan fingerprint density at radius 3 is 2.60 bits per heavy atom. The van der Waals surface area contributed by atoms with Crippen molar-refractivity contribution in [1.82, 2.24) is 20.0 Å². The van der Waals surface area contributed by atoms with Crippen LogP contribution in [0.1, 0.15) is 39.3 Å². The molecule has 25 heavy (non-hydrogen) atoms. The Kier molecular flexibility index (Phi) is 4.81. The van der Waals surface area contributed by atoms with Crippen molar-refractivity contribution in [2.75, 3.05) is 13.1 Å². The van der Waals surface area contributed by atoms with Crippen LogP contribution in [0.5, 0.6) is 0 Å². The summed E-state index contributed by atoms with van der Waals surface area (Å²) in [6.07, 6.45) is 3.68. The van der Waals surface area contributed by atoms with E-state index in [2.05, 4.69) is 17.3 Å². The predicted octanol–water partition coefficient (Wildman–Crippen LogP) is 3.14. The van der Waals surface area contributed by atoms with Gasteiger partial charge in [-0.2, -0.15) is 5.10 Å². The van der Waals surface area contributed by atoms with Crippen molar-refractivity contribution < 1.29 is 9.53 Å². The Morgan fingerprint density at radius 1 is 1.28 bits per heavy atom. The average molecular weight is 342 g/mol. The van der Waals surface area contributed by atoms with E-state index in [4.69, 9.17) is 4.74 Å². The molecule has 0 aliphatic carbocycles. The molecule has 1 saturated heterocycles. The normalized spacial score (nSPS) is 16.4. The largest absolute Gasteiger partial charge is 0.444 e. The van der Waals surface area contributed by atoms with Crippen LogP contribution in [0.15, 0.2) is 42.7 Å². The molecule has 6 heteroatoms. The summed E-state index contributed by atoms with van der Waals surface area (Å²) in [7, 11) is 0. The van der Waals surface area contributed by atoms with E-state index in [0.717, 1.165) is 11.3 Å². The number of carbonyl (C=O) groups is 1. The zero-order valence-electron chi connectivity index (χ0n) is 15.3. The van der Waals surface area contributed by atoms with E-state index in [1.165, 1.54) is 0 Å². The summed E-state index contributed by atoms with van der Waals surface area (Å²) in [5, 5.41) is 7.98. The van der Waals surface area contributed by atoms with Crippen molar-refractivity contribution in [3.63, 3.8) is 0 Å². The lowest BCUT2D eigenvalue weighted by Crippen LogP contribution is -2.60. The highest BCUT2D eigenvalue weighted by Gasteiger charge is 2.34. The van der Waals surface area contributed by atoms with E-state index in [0.29, 0.717) is 13.1 Å². The van der Waals surface area contributed by atoms with Crippen LogP contribution in [0.3, 0.4) is 0 Å². The lowest BCUT2D eigenvalue weighted by Gasteiger charge is -2.41. The van der Waals surface area contributed by atoms with Crippen LogP contribution >= 0.6 is 0 Å². The van der Waals surface area contributed by atoms with E-state index in [-0.39, 0.29) is 18.2 Å². The summed E-state index contributed by atoms with van der Waals surface area (Å²) in [5.74, 6) is 0. The highest BCUT2D eigenvalue weighted by molar-refractivity contribution is 5.69. The third-order valence-electron chi connectivity index (χ3n) is 4.14. The number of hydrogen-bond acceptors (Lipinski definition) is 4. The summed E-state index contributed by atoms with van der Waals surface area (Å²) in [5.41, 5.74) is 1.72. The molecule has 0 spiro atoms. The summed E-state index contributed by atoms with van der Waals surface area (Å²) in [6.45, 7) is 9.10. The van der Waals surface area contributed by atoms with Crippen molar-refractivity contribution in [1.29, 1.82) is 0 Å². The van der Waals surface area contributed by atoms with Crippen molar-refractivity contribution in [3.05, 3.63) is 48.3 Å². The minimum absolute atomic E-state index is 0.170. The number of benzene rings is 1. The van der Waals surface area contributed by atoms with E-state index in [1.807, 2.05) is 68.2 Å². The number of rotatable bonds is 4. The summed E-state index contributed by atoms with van der Waals surface area (Å²) < 4.78 is 7.25. The Morgan fingerprint density at radius 2 is 1.96 bits per heavy atom. The number of likely N-dealkylation sites (tertiary alicyclic amines) is 1. The quantitative estimate of drug-likeness (QED) is 0.927. The van der Waals surface area contributed by atoms with Gasteiger partial charge in [0.1, 0.15) is 5.60 Å². The van der Waals surface area contributed by atoms with Crippen molar-refractivity contribution >= 4 is 6.09 Å². The number of amides is 1. The maximum Gasteiger partial charge on any atom is 0.410 e. The molecule has 1 atom stereocenters. The fourth-order valence-electron chi connectivity index (χ4n) is 2.79. The van der Waals surface area contributed by atoms with Crippen LogP contribution in [0, 0.1) is 0 Å². The third-order valence-corrected chi connectivity index (χ3v) is 4.14. The molecule has 1 aliphatic rings. The molecular formula is C19H26N4O2. The molecule has 1 amide bonds. The van der Waals surface area contributed by atoms with E-state index >= 15 is 0 Å². The van der Waals surface area contributed by atoms with Crippen LogP contribution in [0.4, 0.5) is 4.79 Å². The number of hydrogen-bond donors (Lipinski definition) is 1. The number of carbonyl (C=O) groups excluding carboxylic acids is 1. The van der Waals surface area contributed by atoms with Gasteiger partial charge in [-0.25, -0.2) is 9.48 Å². The van der Waals surface area contributed by atoms with Gasteiger partial charge in [0.05, 0.1) is 11.9 Å². The summed E-state index contributed by atoms with van der Waals surface area (Å²) >= 11 is 0. The summed E-state index contributed by atoms with van der Waals surface area (Å²) in [6, 6.07) is 10.5. The fraction of sp³-hybridized carbons (Fsp3) is 0.474. The van der Waals surface area contributed by atoms with E-state index < -0.39 is 5.60 Å². The number of ether oxygens (including phenoxy) is 1. The number of nitrogens with one attached hydrogen (secondary N) is 1. The molecule has 1 fully saturated rings. The predicted molar refractivity (Wildman–Crippen MR) is 96.7 cm³/mol. The molecule has 0 bridgehead atoms. The number of aromatic nitrogens is 2. The summed E-state index contributed by atoms with van der Waals surface area (Å²) in [4.78, 5) is 13.7. The van der Waals surface area contributed by atoms with Crippen LogP contribution < -0.4 is 5.32 Å². The van der Waals surface area contributed by atoms with Gasteiger partial charge in [-0.15, -0.1) is 0 Å². The van der Waals surface area contributed by atoms with Crippen molar-refractivity contribution in [2.24, 2.45) is 0 Å². The molecule has 1 N–H and O–H groups in total. The molecule has 3 rings (SSSR count). The first kappa shape index (κ1) is 17.5. The second-order valence-corrected chi connectivity index (χ2v) is 7.52. The number of para-hydroxylation sites is 1. The maximum atomic E-state index is 12.0. The van der Waals surface area contributed by atoms with Gasteiger partial charge in [0, 0.05) is 36.9 Å². The van der Waals surface area contributed by atoms with Crippen LogP contribution in [0.25, 0.3) is 5.69 Å². The monoisotopic (exact) mass is 342 g/mol. The van der Waals surface area contributed by atoms with Gasteiger partial charge in [-0.05, 0) is 39.8 Å².